The van der Waals surface area contributed by atoms with Crippen LogP contribution in [0.15, 0.2) is 12.1 Å². The Hall–Kier alpha value is -1.07. The van der Waals surface area contributed by atoms with E-state index in [2.05, 4.69) is 13.8 Å². The fourth-order valence-corrected chi connectivity index (χ4v) is 4.25. The molecule has 5 heteroatoms. The van der Waals surface area contributed by atoms with E-state index in [0.717, 1.165) is 44.2 Å². The van der Waals surface area contributed by atoms with E-state index in [1.807, 2.05) is 0 Å². The normalized spacial score (nSPS) is 13.1. The number of hydrogen-bond donors (Lipinski definition) is 0. The molecule has 0 amide bonds. The maximum absolute atomic E-state index is 13.8. The van der Waals surface area contributed by atoms with Crippen molar-refractivity contribution in [3.8, 4) is 0 Å². The molecule has 1 aromatic carbocycles. The first kappa shape index (κ1) is 26.0. The minimum absolute atomic E-state index is 0.0286. The van der Waals surface area contributed by atoms with E-state index in [1.54, 1.807) is 14.2 Å². The molecule has 0 aromatic heterocycles. The second-order valence-electron chi connectivity index (χ2n) is 7.92. The highest BCUT2D eigenvalue weighted by atomic mass is 19.1. The van der Waals surface area contributed by atoms with E-state index in [0.29, 0.717) is 6.42 Å². The molecule has 1 unspecified atom stereocenters. The van der Waals surface area contributed by atoms with Gasteiger partial charge in [0.15, 0.2) is 5.79 Å². The van der Waals surface area contributed by atoms with E-state index in [-0.39, 0.29) is 17.9 Å². The number of unbranched alkanes of at least 4 members (excludes halogenated alkanes) is 6. The van der Waals surface area contributed by atoms with Crippen LogP contribution in [-0.2, 0) is 15.9 Å². The van der Waals surface area contributed by atoms with Crippen molar-refractivity contribution in [2.45, 2.75) is 96.7 Å². The maximum atomic E-state index is 13.8. The first-order chi connectivity index (χ1) is 13.9. The van der Waals surface area contributed by atoms with E-state index in [1.165, 1.54) is 32.1 Å². The molecule has 0 saturated carbocycles. The topological polar surface area (TPSA) is 18.5 Å². The van der Waals surface area contributed by atoms with E-state index < -0.39 is 23.2 Å². The summed E-state index contributed by atoms with van der Waals surface area (Å²) < 4.78 is 52.3. The number of ether oxygens (including phenoxy) is 2. The van der Waals surface area contributed by atoms with E-state index in [9.17, 15) is 13.2 Å². The number of halogens is 3. The van der Waals surface area contributed by atoms with Gasteiger partial charge in [-0.15, -0.1) is 0 Å². The van der Waals surface area contributed by atoms with Crippen LogP contribution in [0.5, 0.6) is 0 Å². The van der Waals surface area contributed by atoms with E-state index >= 15 is 0 Å². The van der Waals surface area contributed by atoms with Gasteiger partial charge in [-0.3, -0.25) is 0 Å². The highest BCUT2D eigenvalue weighted by Gasteiger charge is 2.36. The lowest BCUT2D eigenvalue weighted by molar-refractivity contribution is -0.244. The Morgan fingerprint density at radius 2 is 1.31 bits per heavy atom. The number of hydrogen-bond acceptors (Lipinski definition) is 2. The Balaban J connectivity index is 2.60. The van der Waals surface area contributed by atoms with Gasteiger partial charge in [0.2, 0.25) is 0 Å². The van der Waals surface area contributed by atoms with Gasteiger partial charge in [0.1, 0.15) is 17.5 Å². The molecular weight excluding hydrogens is 377 g/mol. The highest BCUT2D eigenvalue weighted by Crippen LogP contribution is 2.35. The molecule has 168 valence electrons. The SMILES string of the molecule is CCCCCCCCC(CCCCc1c(F)cc(F)cc1F)C(CC)(OC)OC. The van der Waals surface area contributed by atoms with Gasteiger partial charge in [0.25, 0.3) is 0 Å². The van der Waals surface area contributed by atoms with Crippen LogP contribution in [0.2, 0.25) is 0 Å². The van der Waals surface area contributed by atoms with Crippen LogP contribution in [0, 0.1) is 23.4 Å². The van der Waals surface area contributed by atoms with Gasteiger partial charge in [-0.1, -0.05) is 58.8 Å². The van der Waals surface area contributed by atoms with Crippen LogP contribution >= 0.6 is 0 Å². The summed E-state index contributed by atoms with van der Waals surface area (Å²) in [4.78, 5) is 0. The zero-order chi connectivity index (χ0) is 21.7. The summed E-state index contributed by atoms with van der Waals surface area (Å²) in [5, 5.41) is 0. The predicted octanol–water partition coefficient (Wildman–Crippen LogP) is 7.58. The third kappa shape index (κ3) is 8.29. The molecule has 1 atom stereocenters. The summed E-state index contributed by atoms with van der Waals surface area (Å²) in [6.07, 6.45) is 11.7. The van der Waals surface area contributed by atoms with Crippen molar-refractivity contribution >= 4 is 0 Å². The number of rotatable bonds is 16. The van der Waals surface area contributed by atoms with Gasteiger partial charge in [-0.05, 0) is 32.1 Å². The second kappa shape index (κ2) is 14.0. The van der Waals surface area contributed by atoms with Crippen LogP contribution in [0.1, 0.15) is 90.0 Å². The lowest BCUT2D eigenvalue weighted by Crippen LogP contribution is -2.41. The van der Waals surface area contributed by atoms with Crippen molar-refractivity contribution in [1.29, 1.82) is 0 Å². The van der Waals surface area contributed by atoms with Crippen molar-refractivity contribution in [2.75, 3.05) is 14.2 Å². The lowest BCUT2D eigenvalue weighted by atomic mass is 9.85. The zero-order valence-corrected chi connectivity index (χ0v) is 18.7. The lowest BCUT2D eigenvalue weighted by Gasteiger charge is -2.38. The molecule has 0 aliphatic carbocycles. The van der Waals surface area contributed by atoms with Crippen molar-refractivity contribution in [1.82, 2.24) is 0 Å². The molecule has 0 heterocycles. The fraction of sp³-hybridized carbons (Fsp3) is 0.750. The van der Waals surface area contributed by atoms with Crippen molar-refractivity contribution < 1.29 is 22.6 Å². The number of methoxy groups -OCH3 is 2. The maximum Gasteiger partial charge on any atom is 0.170 e. The van der Waals surface area contributed by atoms with Crippen LogP contribution in [0.3, 0.4) is 0 Å². The Morgan fingerprint density at radius 1 is 0.793 bits per heavy atom. The summed E-state index contributed by atoms with van der Waals surface area (Å²) >= 11 is 0. The minimum atomic E-state index is -0.879. The predicted molar refractivity (Wildman–Crippen MR) is 112 cm³/mol. The Bertz CT molecular complexity index is 542. The first-order valence-electron chi connectivity index (χ1n) is 11.2. The molecule has 0 N–H and O–H groups in total. The van der Waals surface area contributed by atoms with Crippen LogP contribution < -0.4 is 0 Å². The van der Waals surface area contributed by atoms with Crippen LogP contribution in [-0.4, -0.2) is 20.0 Å². The third-order valence-electron chi connectivity index (χ3n) is 6.05. The zero-order valence-electron chi connectivity index (χ0n) is 18.7. The standard InChI is InChI=1S/C24H39F3O2/c1-5-7-8-9-10-11-14-19(24(6-2,28-3)29-4)15-12-13-16-21-22(26)17-20(25)18-23(21)27/h17-19H,5-16H2,1-4H3. The molecule has 1 aromatic rings. The Kier molecular flexibility index (Phi) is 12.6. The molecule has 1 rings (SSSR count). The molecule has 0 aliphatic rings. The summed E-state index contributed by atoms with van der Waals surface area (Å²) in [6.45, 7) is 4.27. The molecule has 0 aliphatic heterocycles. The van der Waals surface area contributed by atoms with Crippen LogP contribution in [0.25, 0.3) is 0 Å². The summed E-state index contributed by atoms with van der Waals surface area (Å²) in [5.74, 6) is -2.87. The van der Waals surface area contributed by atoms with Gasteiger partial charge in [0.05, 0.1) is 0 Å². The minimum Gasteiger partial charge on any atom is -0.353 e. The van der Waals surface area contributed by atoms with Gasteiger partial charge < -0.3 is 9.47 Å². The van der Waals surface area contributed by atoms with Crippen LogP contribution in [0.4, 0.5) is 13.2 Å². The molecule has 0 spiro atoms. The molecular formula is C24H39F3O2. The molecule has 0 radical (unpaired) electrons. The fourth-order valence-electron chi connectivity index (χ4n) is 4.25. The molecule has 29 heavy (non-hydrogen) atoms. The highest BCUT2D eigenvalue weighted by molar-refractivity contribution is 5.20. The van der Waals surface area contributed by atoms with Gasteiger partial charge >= 0.3 is 0 Å². The van der Waals surface area contributed by atoms with Crippen molar-refractivity contribution in [3.05, 3.63) is 35.1 Å². The first-order valence-corrected chi connectivity index (χ1v) is 11.2. The average Bonchev–Trinajstić information content (AvgIpc) is 2.70. The van der Waals surface area contributed by atoms with Gasteiger partial charge in [-0.2, -0.15) is 0 Å². The average molecular weight is 417 g/mol. The summed E-state index contributed by atoms with van der Waals surface area (Å²) in [7, 11) is 3.37. The largest absolute Gasteiger partial charge is 0.353 e. The van der Waals surface area contributed by atoms with Crippen molar-refractivity contribution in [2.24, 2.45) is 5.92 Å². The third-order valence-corrected chi connectivity index (χ3v) is 6.05. The van der Waals surface area contributed by atoms with Gasteiger partial charge in [0, 0.05) is 37.8 Å². The molecule has 0 bridgehead atoms. The monoisotopic (exact) mass is 416 g/mol. The Labute approximate surface area is 175 Å². The summed E-state index contributed by atoms with van der Waals surface area (Å²) in [6, 6.07) is 1.50. The number of benzene rings is 1. The second-order valence-corrected chi connectivity index (χ2v) is 7.92. The summed E-state index contributed by atoms with van der Waals surface area (Å²) in [5.41, 5.74) is -0.0286. The van der Waals surface area contributed by atoms with Gasteiger partial charge in [-0.25, -0.2) is 13.2 Å². The quantitative estimate of drug-likeness (QED) is 0.204. The van der Waals surface area contributed by atoms with Crippen molar-refractivity contribution in [3.63, 3.8) is 0 Å². The molecule has 2 nitrogen and oxygen atoms in total. The molecule has 0 saturated heterocycles. The van der Waals surface area contributed by atoms with E-state index in [4.69, 9.17) is 9.47 Å². The molecule has 0 fully saturated rings. The Morgan fingerprint density at radius 3 is 1.83 bits per heavy atom. The smallest absolute Gasteiger partial charge is 0.170 e.